The second-order valence-electron chi connectivity index (χ2n) is 32.8. The maximum absolute atomic E-state index is 14.0. The Labute approximate surface area is 879 Å². The van der Waals surface area contributed by atoms with Crippen LogP contribution in [0.2, 0.25) is 0 Å². The first-order valence-electron chi connectivity index (χ1n) is 44.5. The molecular formula is C102H81F12K2N13O17S2. The number of nitrogens with zero attached hydrogens (tertiary/aromatic N) is 11. The van der Waals surface area contributed by atoms with Gasteiger partial charge in [-0.1, -0.05) is 66.7 Å². The number of halogens is 12. The van der Waals surface area contributed by atoms with Crippen LogP contribution >= 0.6 is 0 Å². The molecule has 0 radical (unpaired) electrons. The summed E-state index contributed by atoms with van der Waals surface area (Å²) in [5.74, 6) is -10.2. The molecule has 0 unspecified atom stereocenters. The number of aromatic carboxylic acids is 1. The predicted octanol–water partition coefficient (Wildman–Crippen LogP) is 17.1. The Bertz CT molecular complexity index is 8110. The van der Waals surface area contributed by atoms with Crippen molar-refractivity contribution < 1.29 is 119 Å². The van der Waals surface area contributed by atoms with Gasteiger partial charge in [-0.05, 0) is 229 Å². The summed E-state index contributed by atoms with van der Waals surface area (Å²) < 4.78 is 227. The topological polar surface area (TPSA) is 399 Å². The van der Waals surface area contributed by atoms with Crippen molar-refractivity contribution in [1.29, 1.82) is 0 Å². The fourth-order valence-electron chi connectivity index (χ4n) is 14.9. The molecule has 0 saturated carbocycles. The number of pyridine rings is 9. The number of amides is 2. The minimum atomic E-state index is -4.11. The Morgan fingerprint density at radius 2 is 0.831 bits per heavy atom. The standard InChI is InChI=1S/C33H23F4N5O4S.C28H20F4N4O2.C26H25F2N3O4S.C13H9F2NO3.C2H4O4.2K/c34-27-11-10-20(14-28(27)35)18-41-13-5-9-25(33(41)44)32(43)39-17-22-15-21(16-29(40-22)30(36)37)26-19-42(31-24(26)8-4-12-38-31)47(45,46)23-6-2-1-3-7-23;29-22-7-5-16(11-23(22)30)15-36-10-2-4-21(28(36)38)27(37)34-14-18-12-17(13-25(35-18)26(31)32)19-6-8-24-20(19)3-1-9-33-24;1-26(2,3)35-23(32)12-11-18-14-17(15-22(30-18)24(27)28)21-16-31(25-20(21)10-7-13-29-25)36(33,34)19-8-5-4-6-9-19;14-10-4-3-8(6-11(10)15)7-16-5-1-2-9(12(16)17)13(18)19;1-2(3)5-6-4;;/h1-16,19,30H,17-18H2,(H,39,43);1-7,9-13,26H,8,14-15H2,(H,34,37);4-10,13-16,24H,11-12H2,1-3H3;1-6H,7H2,(H,18,19);4H,1H3;;. The van der Waals surface area contributed by atoms with Crippen LogP contribution in [-0.4, -0.2) is 177 Å². The zero-order valence-electron chi connectivity index (χ0n) is 78.7. The number of carbonyl (C=O) groups is 5. The molecule has 1 aliphatic rings. The van der Waals surface area contributed by atoms with E-state index in [1.54, 1.807) is 106 Å². The van der Waals surface area contributed by atoms with E-state index in [0.29, 0.717) is 45.0 Å². The van der Waals surface area contributed by atoms with Crippen LogP contribution in [0.3, 0.4) is 0 Å². The van der Waals surface area contributed by atoms with Crippen LogP contribution in [0.25, 0.3) is 49.9 Å². The van der Waals surface area contributed by atoms with Crippen LogP contribution in [0.5, 0.6) is 0 Å². The van der Waals surface area contributed by atoms with E-state index < -0.39 is 143 Å². The van der Waals surface area contributed by atoms with E-state index in [9.17, 15) is 108 Å². The fourth-order valence-corrected chi connectivity index (χ4v) is 17.6. The number of hydrogen-bond donors (Lipinski definition) is 4. The number of carbonyl (C=O) groups excluding carboxylic acids is 4. The van der Waals surface area contributed by atoms with Gasteiger partial charge in [0.05, 0.1) is 66.0 Å². The molecule has 11 heterocycles. The number of hydrogen-bond acceptors (Lipinski definition) is 22. The van der Waals surface area contributed by atoms with Crippen molar-refractivity contribution >= 4 is 141 Å². The van der Waals surface area contributed by atoms with Crippen molar-refractivity contribution in [3.05, 3.63) is 430 Å². The molecular weight excluding hydrogens is 2050 g/mol. The number of aromatic nitrogens is 11. The van der Waals surface area contributed by atoms with Crippen LogP contribution in [0, 0.1) is 34.9 Å². The van der Waals surface area contributed by atoms with Crippen LogP contribution in [0.15, 0.2) is 304 Å². The Balaban J connectivity index is 0.000000176. The molecule has 0 atom stereocenters. The van der Waals surface area contributed by atoms with Gasteiger partial charge in [-0.2, -0.15) is 0 Å². The van der Waals surface area contributed by atoms with Crippen LogP contribution < -0.4 is 27.3 Å². The number of alkyl halides is 6. The van der Waals surface area contributed by atoms with E-state index in [-0.39, 0.29) is 117 Å². The number of ether oxygens (including phenoxy) is 1. The zero-order chi connectivity index (χ0) is 107. The second-order valence-corrected chi connectivity index (χ2v) is 36.4. The van der Waals surface area contributed by atoms with Gasteiger partial charge in [0.1, 0.15) is 39.4 Å². The number of benzene rings is 5. The van der Waals surface area contributed by atoms with Crippen LogP contribution in [0.4, 0.5) is 52.7 Å². The fraction of sp³-hybridized carbons (Fsp3) is 0.157. The number of allylic oxidation sites excluding steroid dienone is 1. The van der Waals surface area contributed by atoms with Crippen molar-refractivity contribution in [2.24, 2.45) is 0 Å². The summed E-state index contributed by atoms with van der Waals surface area (Å²) in [7, 11) is -8.11. The summed E-state index contributed by atoms with van der Waals surface area (Å²) in [6.45, 7) is 5.53. The van der Waals surface area contributed by atoms with E-state index in [0.717, 1.165) is 83.3 Å². The Morgan fingerprint density at radius 1 is 0.453 bits per heavy atom. The zero-order valence-corrected chi connectivity index (χ0v) is 86.6. The molecule has 4 N–H and O–H groups in total. The summed E-state index contributed by atoms with van der Waals surface area (Å²) in [6, 6.07) is 51.8. The molecule has 0 bridgehead atoms. The van der Waals surface area contributed by atoms with E-state index in [4.69, 9.17) is 15.1 Å². The molecule has 30 nitrogen and oxygen atoms in total. The van der Waals surface area contributed by atoms with Crippen molar-refractivity contribution in [3.8, 4) is 22.3 Å². The first kappa shape index (κ1) is 113. The molecule has 17 rings (SSSR count). The molecule has 0 fully saturated rings. The molecule has 0 aliphatic heterocycles. The summed E-state index contributed by atoms with van der Waals surface area (Å²) in [5, 5.41) is 25.0. The Morgan fingerprint density at radius 3 is 1.22 bits per heavy atom. The van der Waals surface area contributed by atoms with Crippen molar-refractivity contribution in [2.75, 3.05) is 0 Å². The van der Waals surface area contributed by atoms with E-state index >= 15 is 0 Å². The van der Waals surface area contributed by atoms with Gasteiger partial charge in [0.2, 0.25) is 0 Å². The molecule has 1 aliphatic carbocycles. The number of nitrogens with one attached hydrogen (secondary N) is 2. The average Bonchev–Trinajstić information content (AvgIpc) is 1.61. The summed E-state index contributed by atoms with van der Waals surface area (Å²) in [4.78, 5) is 124. The average molecular weight is 2130 g/mol. The van der Waals surface area contributed by atoms with Gasteiger partial charge in [-0.15, -0.1) is 0 Å². The molecule has 46 heteroatoms. The first-order chi connectivity index (χ1) is 70.5. The van der Waals surface area contributed by atoms with Crippen molar-refractivity contribution in [2.45, 2.75) is 114 Å². The summed E-state index contributed by atoms with van der Waals surface area (Å²) in [5.41, 5.74) is 0.845. The summed E-state index contributed by atoms with van der Waals surface area (Å²) in [6.07, 6.45) is 5.26. The number of rotatable bonds is 27. The van der Waals surface area contributed by atoms with E-state index in [1.807, 2.05) is 12.1 Å². The van der Waals surface area contributed by atoms with Gasteiger partial charge in [0.25, 0.3) is 67.8 Å². The van der Waals surface area contributed by atoms with Crippen molar-refractivity contribution in [1.82, 2.24) is 62.2 Å². The molecule has 11 aromatic heterocycles. The van der Waals surface area contributed by atoms with Crippen molar-refractivity contribution in [3.63, 3.8) is 0 Å². The third kappa shape index (κ3) is 29.0. The molecule has 754 valence electrons. The van der Waals surface area contributed by atoms with E-state index in [1.165, 1.54) is 208 Å². The molecule has 16 aromatic rings. The molecule has 2 amide bonds. The van der Waals surface area contributed by atoms with Gasteiger partial charge in [-0.3, -0.25) is 43.6 Å². The van der Waals surface area contributed by atoms with Gasteiger partial charge >= 0.3 is 81.1 Å². The monoisotopic (exact) mass is 2130 g/mol. The Hall–Kier alpha value is -13.7. The third-order valence-corrected chi connectivity index (χ3v) is 24.8. The normalized spacial score (nSPS) is 11.6. The molecule has 5 aromatic carbocycles. The molecule has 0 saturated heterocycles. The van der Waals surface area contributed by atoms with Gasteiger partial charge < -0.3 is 34.2 Å². The number of fused-ring (bicyclic) bond motifs is 3. The van der Waals surface area contributed by atoms with Crippen LogP contribution in [-0.2, 0) is 89.9 Å². The molecule has 148 heavy (non-hydrogen) atoms. The summed E-state index contributed by atoms with van der Waals surface area (Å²) >= 11 is 2.50. The van der Waals surface area contributed by atoms with Crippen LogP contribution in [0.1, 0.15) is 152 Å². The number of carboxylic acids is 1. The first-order valence-corrected chi connectivity index (χ1v) is 63.4. The van der Waals surface area contributed by atoms with Gasteiger partial charge in [0.15, 0.2) is 46.2 Å². The quantitative estimate of drug-likeness (QED) is 0.0122. The van der Waals surface area contributed by atoms with Gasteiger partial charge in [-0.25, -0.2) is 112 Å². The third-order valence-electron chi connectivity index (χ3n) is 21.5. The SMILES string of the molecule is CC(=O)OOO.CC(C)(C)OC(=O)CCc1cc(-c2cn(S(=O)(=O)c3ccccc3)c3ncccc23)cc(C(F)F)n1.O=C(NCc1cc(-c2cn(S(=O)(=O)c3ccccc3)c3ncccc23)cc(C(F)F)n1)c1cccn(Cc2ccc(F)c(F)c2)c1=O.O=C(NCc1cc(C2=CCc3ncccc32)cc(C(F)F)n1)c1cccn(Cc2ccc(F)c(F)c2)c1=O.O=C(O)c1cccn(Cc2ccc(F)c(F)c2)c1=O.[K][K]. The molecule has 0 spiro atoms. The minimum absolute atomic E-state index is 0.00491. The number of esters is 1. The second kappa shape index (κ2) is 51.3. The number of aryl methyl sites for hydroxylation is 1. The van der Waals surface area contributed by atoms with Gasteiger partial charge in [0, 0.05) is 102 Å². The Kier molecular flexibility index (Phi) is 39.1. The predicted molar refractivity (Wildman–Crippen MR) is 517 cm³/mol. The maximum atomic E-state index is 14.0. The van der Waals surface area contributed by atoms with E-state index in [2.05, 4.69) is 50.5 Å². The number of carboxylic acid groups (broad SMARTS) is 1.